The molecule has 1 saturated carbocycles. The number of hydrogen-bond acceptors (Lipinski definition) is 3. The van der Waals surface area contributed by atoms with Gasteiger partial charge in [0.2, 0.25) is 5.91 Å². The number of aryl methyl sites for hydroxylation is 2. The highest BCUT2D eigenvalue weighted by Crippen LogP contribution is 2.47. The maximum absolute atomic E-state index is 12.7. The molecule has 0 bridgehead atoms. The van der Waals surface area contributed by atoms with E-state index in [1.807, 2.05) is 35.0 Å². The summed E-state index contributed by atoms with van der Waals surface area (Å²) in [5.41, 5.74) is 1.16. The summed E-state index contributed by atoms with van der Waals surface area (Å²) in [7, 11) is 0. The SMILES string of the molecule is Cc1cnn(C[C@@H]2CCCN2C(=O)CCc2ccc([C@@H]3C[C@H]3C)o2)c1. The molecule has 2 fully saturated rings. The van der Waals surface area contributed by atoms with Crippen molar-refractivity contribution < 1.29 is 9.21 Å². The van der Waals surface area contributed by atoms with Crippen molar-refractivity contribution in [1.29, 1.82) is 0 Å². The average molecular weight is 341 g/mol. The molecule has 3 heterocycles. The summed E-state index contributed by atoms with van der Waals surface area (Å²) in [5.74, 6) is 3.63. The first kappa shape index (κ1) is 16.4. The molecule has 1 amide bonds. The maximum atomic E-state index is 12.7. The largest absolute Gasteiger partial charge is 0.466 e. The molecule has 3 atom stereocenters. The lowest BCUT2D eigenvalue weighted by atomic mass is 10.2. The van der Waals surface area contributed by atoms with Crippen LogP contribution in [0.3, 0.4) is 0 Å². The summed E-state index contributed by atoms with van der Waals surface area (Å²) in [5, 5.41) is 4.36. The molecule has 1 aliphatic heterocycles. The normalized spacial score (nSPS) is 25.5. The van der Waals surface area contributed by atoms with E-state index in [4.69, 9.17) is 4.42 Å². The Hall–Kier alpha value is -2.04. The second-order valence-corrected chi connectivity index (χ2v) is 7.75. The minimum absolute atomic E-state index is 0.240. The van der Waals surface area contributed by atoms with E-state index in [1.165, 1.54) is 6.42 Å². The lowest BCUT2D eigenvalue weighted by Crippen LogP contribution is -2.38. The number of furan rings is 1. The summed E-state index contributed by atoms with van der Waals surface area (Å²) in [4.78, 5) is 14.7. The van der Waals surface area contributed by atoms with Gasteiger partial charge in [0, 0.05) is 31.5 Å². The molecule has 2 aromatic heterocycles. The Balaban J connectivity index is 1.31. The molecule has 5 nitrogen and oxygen atoms in total. The van der Waals surface area contributed by atoms with E-state index >= 15 is 0 Å². The second-order valence-electron chi connectivity index (χ2n) is 7.75. The molecule has 4 rings (SSSR count). The maximum Gasteiger partial charge on any atom is 0.223 e. The van der Waals surface area contributed by atoms with Gasteiger partial charge in [-0.15, -0.1) is 0 Å². The van der Waals surface area contributed by atoms with Crippen molar-refractivity contribution in [2.75, 3.05) is 6.54 Å². The number of amides is 1. The van der Waals surface area contributed by atoms with Crippen molar-refractivity contribution in [2.45, 2.75) is 64.5 Å². The van der Waals surface area contributed by atoms with Gasteiger partial charge in [0.05, 0.1) is 18.8 Å². The molecule has 0 aromatic carbocycles. The van der Waals surface area contributed by atoms with Crippen molar-refractivity contribution in [3.05, 3.63) is 41.6 Å². The molecule has 0 unspecified atom stereocenters. The summed E-state index contributed by atoms with van der Waals surface area (Å²) in [6.45, 7) is 5.96. The second kappa shape index (κ2) is 6.70. The molecule has 0 N–H and O–H groups in total. The highest BCUT2D eigenvalue weighted by molar-refractivity contribution is 5.77. The standard InChI is InChI=1S/C20H27N3O2/c1-14-11-21-22(12-14)13-16-4-3-9-23(16)20(24)8-6-17-5-7-19(25-17)18-10-15(18)2/h5,7,11-12,15-16,18H,3-4,6,8-10,13H2,1-2H3/t15-,16+,18-/m1/s1. The Morgan fingerprint density at radius 2 is 2.24 bits per heavy atom. The van der Waals surface area contributed by atoms with Gasteiger partial charge >= 0.3 is 0 Å². The van der Waals surface area contributed by atoms with Crippen LogP contribution in [0.1, 0.15) is 55.6 Å². The Bertz CT molecular complexity index is 748. The molecule has 0 spiro atoms. The number of likely N-dealkylation sites (tertiary alicyclic amines) is 1. The van der Waals surface area contributed by atoms with Crippen molar-refractivity contribution in [3.63, 3.8) is 0 Å². The molecular formula is C20H27N3O2. The van der Waals surface area contributed by atoms with Crippen LogP contribution >= 0.6 is 0 Å². The van der Waals surface area contributed by atoms with Crippen LogP contribution in [0.4, 0.5) is 0 Å². The molecular weight excluding hydrogens is 314 g/mol. The van der Waals surface area contributed by atoms with Gasteiger partial charge in [0.15, 0.2) is 0 Å². The zero-order chi connectivity index (χ0) is 17.4. The van der Waals surface area contributed by atoms with Crippen LogP contribution in [-0.4, -0.2) is 33.2 Å². The van der Waals surface area contributed by atoms with Crippen LogP contribution in [0.15, 0.2) is 28.9 Å². The van der Waals surface area contributed by atoms with E-state index in [2.05, 4.69) is 18.1 Å². The molecule has 5 heteroatoms. The van der Waals surface area contributed by atoms with Gasteiger partial charge in [-0.1, -0.05) is 6.92 Å². The lowest BCUT2D eigenvalue weighted by molar-refractivity contribution is -0.132. The Morgan fingerprint density at radius 3 is 2.96 bits per heavy atom. The number of rotatable bonds is 6. The number of aromatic nitrogens is 2. The van der Waals surface area contributed by atoms with E-state index in [9.17, 15) is 4.79 Å². The monoisotopic (exact) mass is 341 g/mol. The molecule has 0 radical (unpaired) electrons. The summed E-state index contributed by atoms with van der Waals surface area (Å²) < 4.78 is 7.89. The third kappa shape index (κ3) is 3.65. The molecule has 25 heavy (non-hydrogen) atoms. The van der Waals surface area contributed by atoms with Crippen LogP contribution in [0.5, 0.6) is 0 Å². The predicted octanol–water partition coefficient (Wildman–Crippen LogP) is 3.53. The van der Waals surface area contributed by atoms with Crippen molar-refractivity contribution in [2.24, 2.45) is 5.92 Å². The highest BCUT2D eigenvalue weighted by Gasteiger charge is 2.36. The van der Waals surface area contributed by atoms with Gasteiger partial charge < -0.3 is 9.32 Å². The minimum Gasteiger partial charge on any atom is -0.466 e. The van der Waals surface area contributed by atoms with Crippen LogP contribution in [0.2, 0.25) is 0 Å². The summed E-state index contributed by atoms with van der Waals surface area (Å²) in [6.07, 6.45) is 8.52. The molecule has 2 aliphatic rings. The summed E-state index contributed by atoms with van der Waals surface area (Å²) >= 11 is 0. The van der Waals surface area contributed by atoms with Crippen LogP contribution in [0, 0.1) is 12.8 Å². The van der Waals surface area contributed by atoms with Crippen molar-refractivity contribution in [1.82, 2.24) is 14.7 Å². The molecule has 2 aromatic rings. The first-order valence-electron chi connectivity index (χ1n) is 9.47. The van der Waals surface area contributed by atoms with E-state index in [0.717, 1.165) is 48.9 Å². The fourth-order valence-corrected chi connectivity index (χ4v) is 3.96. The van der Waals surface area contributed by atoms with E-state index in [0.29, 0.717) is 18.8 Å². The van der Waals surface area contributed by atoms with Crippen LogP contribution in [-0.2, 0) is 17.8 Å². The van der Waals surface area contributed by atoms with E-state index in [1.54, 1.807) is 0 Å². The fraction of sp³-hybridized carbons (Fsp3) is 0.600. The van der Waals surface area contributed by atoms with Crippen LogP contribution in [0.25, 0.3) is 0 Å². The zero-order valence-electron chi connectivity index (χ0n) is 15.1. The van der Waals surface area contributed by atoms with E-state index < -0.39 is 0 Å². The molecule has 134 valence electrons. The van der Waals surface area contributed by atoms with Gasteiger partial charge in [-0.25, -0.2) is 0 Å². The molecule has 1 aliphatic carbocycles. The summed E-state index contributed by atoms with van der Waals surface area (Å²) in [6, 6.07) is 4.40. The van der Waals surface area contributed by atoms with Gasteiger partial charge in [-0.05, 0) is 49.8 Å². The number of hydrogen-bond donors (Lipinski definition) is 0. The third-order valence-corrected chi connectivity index (χ3v) is 5.60. The van der Waals surface area contributed by atoms with Gasteiger partial charge in [-0.3, -0.25) is 9.48 Å². The smallest absolute Gasteiger partial charge is 0.223 e. The Kier molecular flexibility index (Phi) is 4.40. The van der Waals surface area contributed by atoms with Crippen molar-refractivity contribution in [3.8, 4) is 0 Å². The quantitative estimate of drug-likeness (QED) is 0.807. The first-order valence-corrected chi connectivity index (χ1v) is 9.47. The Morgan fingerprint density at radius 1 is 1.40 bits per heavy atom. The number of nitrogens with zero attached hydrogens (tertiary/aromatic N) is 3. The van der Waals surface area contributed by atoms with Gasteiger partial charge in [-0.2, -0.15) is 5.10 Å². The number of carbonyl (C=O) groups excluding carboxylic acids is 1. The highest BCUT2D eigenvalue weighted by atomic mass is 16.3. The average Bonchev–Trinajstić information content (AvgIpc) is 3.04. The van der Waals surface area contributed by atoms with E-state index in [-0.39, 0.29) is 11.9 Å². The Labute approximate surface area is 149 Å². The van der Waals surface area contributed by atoms with Crippen LogP contribution < -0.4 is 0 Å². The topological polar surface area (TPSA) is 51.3 Å². The fourth-order valence-electron chi connectivity index (χ4n) is 3.96. The van der Waals surface area contributed by atoms with Gasteiger partial charge in [0.1, 0.15) is 11.5 Å². The molecule has 1 saturated heterocycles. The van der Waals surface area contributed by atoms with Gasteiger partial charge in [0.25, 0.3) is 0 Å². The third-order valence-electron chi connectivity index (χ3n) is 5.60. The lowest BCUT2D eigenvalue weighted by Gasteiger charge is -2.24. The zero-order valence-corrected chi connectivity index (χ0v) is 15.1. The van der Waals surface area contributed by atoms with Crippen molar-refractivity contribution >= 4 is 5.91 Å². The minimum atomic E-state index is 0.240. The first-order chi connectivity index (χ1) is 12.1. The number of carbonyl (C=O) groups is 1. The predicted molar refractivity (Wildman–Crippen MR) is 95.3 cm³/mol.